The van der Waals surface area contributed by atoms with Crippen molar-refractivity contribution in [3.05, 3.63) is 15.0 Å². The van der Waals surface area contributed by atoms with Gasteiger partial charge in [-0.05, 0) is 49.5 Å². The molecule has 2 rings (SSSR count). The Bertz CT molecular complexity index is 456. The smallest absolute Gasteiger partial charge is 0.410 e. The van der Waals surface area contributed by atoms with Crippen LogP contribution in [0.1, 0.15) is 44.5 Å². The van der Waals surface area contributed by atoms with E-state index in [1.807, 2.05) is 26.2 Å². The van der Waals surface area contributed by atoms with Crippen LogP contribution >= 0.6 is 27.3 Å². The second-order valence-electron chi connectivity index (χ2n) is 5.77. The molecular formula is C13H19BrN2O2S. The number of halogens is 1. The first-order valence-electron chi connectivity index (χ1n) is 6.44. The van der Waals surface area contributed by atoms with Gasteiger partial charge < -0.3 is 9.64 Å². The van der Waals surface area contributed by atoms with Gasteiger partial charge in [0.15, 0.2) is 0 Å². The number of carbonyl (C=O) groups is 1. The Hall–Kier alpha value is -0.620. The molecule has 1 saturated heterocycles. The van der Waals surface area contributed by atoms with Gasteiger partial charge in [-0.15, -0.1) is 11.3 Å². The second kappa shape index (κ2) is 5.79. The first-order chi connectivity index (χ1) is 8.85. The molecule has 1 amide bonds. The van der Waals surface area contributed by atoms with Crippen LogP contribution in [0.3, 0.4) is 0 Å². The van der Waals surface area contributed by atoms with Crippen LogP contribution < -0.4 is 0 Å². The summed E-state index contributed by atoms with van der Waals surface area (Å²) in [6.45, 7) is 7.16. The number of aromatic nitrogens is 1. The number of hydrogen-bond acceptors (Lipinski definition) is 4. The molecule has 19 heavy (non-hydrogen) atoms. The zero-order valence-corrected chi connectivity index (χ0v) is 13.9. The lowest BCUT2D eigenvalue weighted by atomic mass is 9.99. The van der Waals surface area contributed by atoms with Gasteiger partial charge in [0, 0.05) is 24.4 Å². The van der Waals surface area contributed by atoms with Gasteiger partial charge in [-0.1, -0.05) is 0 Å². The number of nitrogens with zero attached hydrogens (tertiary/aromatic N) is 2. The van der Waals surface area contributed by atoms with Crippen LogP contribution in [-0.2, 0) is 4.74 Å². The maximum atomic E-state index is 12.1. The van der Waals surface area contributed by atoms with Crippen molar-refractivity contribution in [2.24, 2.45) is 0 Å². The molecule has 0 aliphatic carbocycles. The standard InChI is InChI=1S/C13H19BrN2O2S/c1-13(2,3)18-12(17)16-6-4-5-9(7-16)11-15-10(14)8-19-11/h8-9H,4-7H2,1-3H3. The summed E-state index contributed by atoms with van der Waals surface area (Å²) in [6, 6.07) is 0. The number of likely N-dealkylation sites (tertiary alicyclic amines) is 1. The molecule has 0 aromatic carbocycles. The molecule has 2 heterocycles. The minimum absolute atomic E-state index is 0.215. The van der Waals surface area contributed by atoms with E-state index in [-0.39, 0.29) is 6.09 Å². The van der Waals surface area contributed by atoms with Crippen molar-refractivity contribution >= 4 is 33.4 Å². The summed E-state index contributed by atoms with van der Waals surface area (Å²) in [5.74, 6) is 0.331. The maximum absolute atomic E-state index is 12.1. The first kappa shape index (κ1) is 14.8. The SMILES string of the molecule is CC(C)(C)OC(=O)N1CCCC(c2nc(Br)cs2)C1. The number of carbonyl (C=O) groups excluding carboxylic acids is 1. The Morgan fingerprint density at radius 3 is 2.89 bits per heavy atom. The number of hydrogen-bond donors (Lipinski definition) is 0. The van der Waals surface area contributed by atoms with E-state index in [0.29, 0.717) is 12.5 Å². The quantitative estimate of drug-likeness (QED) is 0.771. The Kier molecular flexibility index (Phi) is 4.50. The van der Waals surface area contributed by atoms with Gasteiger partial charge in [-0.25, -0.2) is 9.78 Å². The molecule has 0 bridgehead atoms. The fourth-order valence-corrected chi connectivity index (χ4v) is 3.52. The van der Waals surface area contributed by atoms with E-state index >= 15 is 0 Å². The number of ether oxygens (including phenoxy) is 1. The van der Waals surface area contributed by atoms with Crippen LogP contribution in [0, 0.1) is 0 Å². The minimum atomic E-state index is -0.436. The molecule has 0 N–H and O–H groups in total. The second-order valence-corrected chi connectivity index (χ2v) is 7.48. The molecule has 1 aliphatic heterocycles. The summed E-state index contributed by atoms with van der Waals surface area (Å²) < 4.78 is 6.30. The third-order valence-corrected chi connectivity index (χ3v) is 4.63. The topological polar surface area (TPSA) is 42.4 Å². The molecule has 0 saturated carbocycles. The molecule has 1 atom stereocenters. The van der Waals surface area contributed by atoms with Gasteiger partial charge in [0.05, 0.1) is 5.01 Å². The Balaban J connectivity index is 1.99. The molecule has 106 valence electrons. The van der Waals surface area contributed by atoms with Gasteiger partial charge in [-0.3, -0.25) is 0 Å². The predicted molar refractivity (Wildman–Crippen MR) is 79.6 cm³/mol. The lowest BCUT2D eigenvalue weighted by molar-refractivity contribution is 0.0198. The van der Waals surface area contributed by atoms with E-state index < -0.39 is 5.60 Å². The summed E-state index contributed by atoms with van der Waals surface area (Å²) in [5.41, 5.74) is -0.436. The van der Waals surface area contributed by atoms with E-state index in [4.69, 9.17) is 4.74 Å². The van der Waals surface area contributed by atoms with Crippen molar-refractivity contribution in [1.29, 1.82) is 0 Å². The zero-order chi connectivity index (χ0) is 14.0. The number of piperidine rings is 1. The van der Waals surface area contributed by atoms with E-state index in [9.17, 15) is 4.79 Å². The maximum Gasteiger partial charge on any atom is 0.410 e. The fourth-order valence-electron chi connectivity index (χ4n) is 2.13. The molecule has 1 aliphatic rings. The largest absolute Gasteiger partial charge is 0.444 e. The molecule has 1 aromatic rings. The molecule has 6 heteroatoms. The summed E-state index contributed by atoms with van der Waals surface area (Å²) in [5, 5.41) is 3.09. The van der Waals surface area contributed by atoms with Gasteiger partial charge in [0.1, 0.15) is 10.2 Å². The highest BCUT2D eigenvalue weighted by atomic mass is 79.9. The summed E-state index contributed by atoms with van der Waals surface area (Å²) >= 11 is 5.02. The molecule has 4 nitrogen and oxygen atoms in total. The van der Waals surface area contributed by atoms with Crippen molar-refractivity contribution < 1.29 is 9.53 Å². The lowest BCUT2D eigenvalue weighted by Crippen LogP contribution is -2.42. The van der Waals surface area contributed by atoms with E-state index in [1.165, 1.54) is 0 Å². The fraction of sp³-hybridized carbons (Fsp3) is 0.692. The highest BCUT2D eigenvalue weighted by Crippen LogP contribution is 2.31. The van der Waals surface area contributed by atoms with Crippen molar-refractivity contribution in [2.75, 3.05) is 13.1 Å². The third kappa shape index (κ3) is 4.18. The van der Waals surface area contributed by atoms with Crippen LogP contribution in [-0.4, -0.2) is 34.7 Å². The monoisotopic (exact) mass is 346 g/mol. The molecule has 1 fully saturated rings. The first-order valence-corrected chi connectivity index (χ1v) is 8.11. The molecule has 0 spiro atoms. The summed E-state index contributed by atoms with van der Waals surface area (Å²) in [4.78, 5) is 18.3. The third-order valence-electron chi connectivity index (χ3n) is 2.92. The normalized spacial score (nSPS) is 20.4. The lowest BCUT2D eigenvalue weighted by Gasteiger charge is -2.33. The van der Waals surface area contributed by atoms with Crippen LogP contribution in [0.4, 0.5) is 4.79 Å². The molecular weight excluding hydrogens is 328 g/mol. The average Bonchev–Trinajstić information content (AvgIpc) is 2.74. The Morgan fingerprint density at radius 1 is 1.58 bits per heavy atom. The number of rotatable bonds is 1. The van der Waals surface area contributed by atoms with E-state index in [2.05, 4.69) is 20.9 Å². The van der Waals surface area contributed by atoms with Gasteiger partial charge in [-0.2, -0.15) is 0 Å². The average molecular weight is 347 g/mol. The van der Waals surface area contributed by atoms with Crippen molar-refractivity contribution in [2.45, 2.75) is 45.1 Å². The van der Waals surface area contributed by atoms with Crippen molar-refractivity contribution in [1.82, 2.24) is 9.88 Å². The van der Waals surface area contributed by atoms with Crippen LogP contribution in [0.15, 0.2) is 9.98 Å². The molecule has 1 aromatic heterocycles. The Labute approximate surface area is 126 Å². The molecule has 1 unspecified atom stereocenters. The van der Waals surface area contributed by atoms with Crippen molar-refractivity contribution in [3.8, 4) is 0 Å². The van der Waals surface area contributed by atoms with Crippen LogP contribution in [0.5, 0.6) is 0 Å². The highest BCUT2D eigenvalue weighted by molar-refractivity contribution is 9.10. The summed E-state index contributed by atoms with van der Waals surface area (Å²) in [7, 11) is 0. The van der Waals surface area contributed by atoms with Crippen molar-refractivity contribution in [3.63, 3.8) is 0 Å². The predicted octanol–water partition coefficient (Wildman–Crippen LogP) is 4.02. The van der Waals surface area contributed by atoms with E-state index in [1.54, 1.807) is 16.2 Å². The summed E-state index contributed by atoms with van der Waals surface area (Å²) in [6.07, 6.45) is 1.87. The number of thiazole rings is 1. The van der Waals surface area contributed by atoms with Crippen LogP contribution in [0.2, 0.25) is 0 Å². The zero-order valence-electron chi connectivity index (χ0n) is 11.5. The van der Waals surface area contributed by atoms with E-state index in [0.717, 1.165) is 29.0 Å². The number of amides is 1. The Morgan fingerprint density at radius 2 is 2.32 bits per heavy atom. The molecule has 0 radical (unpaired) electrons. The minimum Gasteiger partial charge on any atom is -0.444 e. The van der Waals surface area contributed by atoms with Crippen LogP contribution in [0.25, 0.3) is 0 Å². The van der Waals surface area contributed by atoms with Gasteiger partial charge >= 0.3 is 6.09 Å². The highest BCUT2D eigenvalue weighted by Gasteiger charge is 2.29. The van der Waals surface area contributed by atoms with Gasteiger partial charge in [0.2, 0.25) is 0 Å². The van der Waals surface area contributed by atoms with Gasteiger partial charge in [0.25, 0.3) is 0 Å².